The minimum atomic E-state index is 0.330. The second-order valence-electron chi connectivity index (χ2n) is 5.48. The molecule has 0 radical (unpaired) electrons. The fraction of sp³-hybridized carbons (Fsp3) is 0.333. The lowest BCUT2D eigenvalue weighted by Gasteiger charge is -2.21. The maximum atomic E-state index is 5.95. The first-order valence-corrected chi connectivity index (χ1v) is 7.33. The summed E-state index contributed by atoms with van der Waals surface area (Å²) in [5.41, 5.74) is 9.17. The fourth-order valence-electron chi connectivity index (χ4n) is 2.59. The van der Waals surface area contributed by atoms with Crippen LogP contribution in [-0.4, -0.2) is 13.2 Å². The van der Waals surface area contributed by atoms with Crippen LogP contribution in [0.3, 0.4) is 0 Å². The van der Waals surface area contributed by atoms with Crippen molar-refractivity contribution in [1.29, 1.82) is 0 Å². The molecule has 3 nitrogen and oxygen atoms in total. The lowest BCUT2D eigenvalue weighted by molar-refractivity contribution is 0.416. The van der Waals surface area contributed by atoms with Gasteiger partial charge in [0.1, 0.15) is 5.75 Å². The standard InChI is InChI=1S/C18H24N2O/c1-13(20-14(2)16-7-5-4-6-8-16)11-15-9-10-18(21-3)17(19)12-15/h4-10,12-14,20H,11,19H2,1-3H3. The van der Waals surface area contributed by atoms with Crippen molar-refractivity contribution in [3.05, 3.63) is 59.7 Å². The summed E-state index contributed by atoms with van der Waals surface area (Å²) < 4.78 is 5.19. The number of nitrogen functional groups attached to an aromatic ring is 1. The first kappa shape index (κ1) is 15.4. The van der Waals surface area contributed by atoms with Crippen LogP contribution in [0.25, 0.3) is 0 Å². The molecule has 0 bridgehead atoms. The molecule has 3 heteroatoms. The molecule has 0 fully saturated rings. The lowest BCUT2D eigenvalue weighted by Crippen LogP contribution is -2.30. The Hall–Kier alpha value is -2.00. The van der Waals surface area contributed by atoms with Crippen molar-refractivity contribution in [2.24, 2.45) is 0 Å². The molecule has 0 aromatic heterocycles. The summed E-state index contributed by atoms with van der Waals surface area (Å²) in [6.07, 6.45) is 0.936. The van der Waals surface area contributed by atoms with E-state index in [1.165, 1.54) is 11.1 Å². The van der Waals surface area contributed by atoms with Crippen molar-refractivity contribution in [2.75, 3.05) is 12.8 Å². The number of benzene rings is 2. The largest absolute Gasteiger partial charge is 0.495 e. The van der Waals surface area contributed by atoms with Gasteiger partial charge in [0, 0.05) is 12.1 Å². The van der Waals surface area contributed by atoms with Crippen LogP contribution < -0.4 is 15.8 Å². The van der Waals surface area contributed by atoms with E-state index in [0.29, 0.717) is 17.8 Å². The van der Waals surface area contributed by atoms with Crippen molar-refractivity contribution < 1.29 is 4.74 Å². The minimum absolute atomic E-state index is 0.330. The maximum Gasteiger partial charge on any atom is 0.141 e. The minimum Gasteiger partial charge on any atom is -0.495 e. The number of nitrogens with one attached hydrogen (secondary N) is 1. The SMILES string of the molecule is COc1ccc(CC(C)NC(C)c2ccccc2)cc1N. The van der Waals surface area contributed by atoms with Crippen LogP contribution in [-0.2, 0) is 6.42 Å². The molecule has 2 atom stereocenters. The molecule has 2 rings (SSSR count). The molecule has 2 aromatic carbocycles. The van der Waals surface area contributed by atoms with Gasteiger partial charge in [-0.15, -0.1) is 0 Å². The number of hydrogen-bond acceptors (Lipinski definition) is 3. The predicted molar refractivity (Wildman–Crippen MR) is 88.6 cm³/mol. The molecule has 0 heterocycles. The van der Waals surface area contributed by atoms with E-state index in [1.807, 2.05) is 18.2 Å². The van der Waals surface area contributed by atoms with Crippen molar-refractivity contribution in [2.45, 2.75) is 32.4 Å². The number of hydrogen-bond donors (Lipinski definition) is 2. The molecule has 0 amide bonds. The van der Waals surface area contributed by atoms with Gasteiger partial charge in [-0.3, -0.25) is 0 Å². The highest BCUT2D eigenvalue weighted by atomic mass is 16.5. The van der Waals surface area contributed by atoms with Gasteiger partial charge in [0.05, 0.1) is 12.8 Å². The van der Waals surface area contributed by atoms with Crippen LogP contribution in [0.1, 0.15) is 31.0 Å². The van der Waals surface area contributed by atoms with E-state index in [4.69, 9.17) is 10.5 Å². The second-order valence-corrected chi connectivity index (χ2v) is 5.48. The first-order valence-electron chi connectivity index (χ1n) is 7.33. The van der Waals surface area contributed by atoms with Crippen LogP contribution >= 0.6 is 0 Å². The molecule has 0 saturated heterocycles. The molecule has 0 aliphatic heterocycles. The van der Waals surface area contributed by atoms with Gasteiger partial charge in [-0.1, -0.05) is 36.4 Å². The van der Waals surface area contributed by atoms with Gasteiger partial charge in [0.25, 0.3) is 0 Å². The molecule has 112 valence electrons. The molecule has 0 spiro atoms. The molecule has 2 unspecified atom stereocenters. The molecule has 0 aliphatic carbocycles. The zero-order valence-corrected chi connectivity index (χ0v) is 13.0. The Bertz CT molecular complexity index is 569. The van der Waals surface area contributed by atoms with Gasteiger partial charge in [-0.05, 0) is 43.5 Å². The fourth-order valence-corrected chi connectivity index (χ4v) is 2.59. The Morgan fingerprint density at radius 3 is 2.43 bits per heavy atom. The molecular formula is C18H24N2O. The van der Waals surface area contributed by atoms with E-state index >= 15 is 0 Å². The maximum absolute atomic E-state index is 5.95. The highest BCUT2D eigenvalue weighted by molar-refractivity contribution is 5.54. The number of anilines is 1. The van der Waals surface area contributed by atoms with Crippen LogP contribution in [0.2, 0.25) is 0 Å². The van der Waals surface area contributed by atoms with Gasteiger partial charge in [0.15, 0.2) is 0 Å². The Balaban J connectivity index is 1.95. The van der Waals surface area contributed by atoms with Gasteiger partial charge < -0.3 is 15.8 Å². The van der Waals surface area contributed by atoms with E-state index < -0.39 is 0 Å². The van der Waals surface area contributed by atoms with E-state index in [0.717, 1.165) is 12.2 Å². The zero-order chi connectivity index (χ0) is 15.2. The summed E-state index contributed by atoms with van der Waals surface area (Å²) in [7, 11) is 1.64. The molecule has 3 N–H and O–H groups in total. The highest BCUT2D eigenvalue weighted by Crippen LogP contribution is 2.23. The Labute approximate surface area is 127 Å². The van der Waals surface area contributed by atoms with Crippen molar-refractivity contribution >= 4 is 5.69 Å². The van der Waals surface area contributed by atoms with Gasteiger partial charge in [0.2, 0.25) is 0 Å². The Kier molecular flexibility index (Phi) is 5.23. The van der Waals surface area contributed by atoms with Crippen molar-refractivity contribution in [3.8, 4) is 5.75 Å². The summed E-state index contributed by atoms with van der Waals surface area (Å²) in [5.74, 6) is 0.733. The summed E-state index contributed by atoms with van der Waals surface area (Å²) >= 11 is 0. The Morgan fingerprint density at radius 1 is 1.10 bits per heavy atom. The lowest BCUT2D eigenvalue weighted by atomic mass is 10.0. The topological polar surface area (TPSA) is 47.3 Å². The van der Waals surface area contributed by atoms with Crippen LogP contribution in [0.15, 0.2) is 48.5 Å². The number of rotatable bonds is 6. The van der Waals surface area contributed by atoms with E-state index in [-0.39, 0.29) is 0 Å². The van der Waals surface area contributed by atoms with Gasteiger partial charge >= 0.3 is 0 Å². The van der Waals surface area contributed by atoms with Crippen LogP contribution in [0.4, 0.5) is 5.69 Å². The predicted octanol–water partition coefficient (Wildman–Crippen LogP) is 3.56. The summed E-state index contributed by atoms with van der Waals surface area (Å²) in [4.78, 5) is 0. The van der Waals surface area contributed by atoms with E-state index in [9.17, 15) is 0 Å². The van der Waals surface area contributed by atoms with Crippen LogP contribution in [0, 0.1) is 0 Å². The van der Waals surface area contributed by atoms with Crippen molar-refractivity contribution in [3.63, 3.8) is 0 Å². The molecule has 21 heavy (non-hydrogen) atoms. The number of nitrogens with two attached hydrogens (primary N) is 1. The smallest absolute Gasteiger partial charge is 0.141 e. The number of methoxy groups -OCH3 is 1. The molecular weight excluding hydrogens is 260 g/mol. The molecule has 0 aliphatic rings. The average Bonchev–Trinajstić information content (AvgIpc) is 2.48. The van der Waals surface area contributed by atoms with Gasteiger partial charge in [-0.25, -0.2) is 0 Å². The van der Waals surface area contributed by atoms with Gasteiger partial charge in [-0.2, -0.15) is 0 Å². The molecule has 0 saturated carbocycles. The highest BCUT2D eigenvalue weighted by Gasteiger charge is 2.10. The first-order chi connectivity index (χ1) is 10.1. The third-order valence-corrected chi connectivity index (χ3v) is 3.67. The Morgan fingerprint density at radius 2 is 1.81 bits per heavy atom. The third kappa shape index (κ3) is 4.23. The summed E-state index contributed by atoms with van der Waals surface area (Å²) in [5, 5.41) is 3.62. The number of ether oxygens (including phenoxy) is 1. The summed E-state index contributed by atoms with van der Waals surface area (Å²) in [6, 6.07) is 17.2. The van der Waals surface area contributed by atoms with Crippen LogP contribution in [0.5, 0.6) is 5.75 Å². The zero-order valence-electron chi connectivity index (χ0n) is 13.0. The second kappa shape index (κ2) is 7.14. The van der Waals surface area contributed by atoms with Crippen molar-refractivity contribution in [1.82, 2.24) is 5.32 Å². The third-order valence-electron chi connectivity index (χ3n) is 3.67. The van der Waals surface area contributed by atoms with E-state index in [1.54, 1.807) is 7.11 Å². The monoisotopic (exact) mass is 284 g/mol. The van der Waals surface area contributed by atoms with E-state index in [2.05, 4.69) is 49.5 Å². The molecule has 2 aromatic rings. The quantitative estimate of drug-likeness (QED) is 0.797. The normalized spacial score (nSPS) is 13.7. The average molecular weight is 284 g/mol. The summed E-state index contributed by atoms with van der Waals surface area (Å²) in [6.45, 7) is 4.38.